The summed E-state index contributed by atoms with van der Waals surface area (Å²) >= 11 is 0. The predicted molar refractivity (Wildman–Crippen MR) is 93.6 cm³/mol. The highest BCUT2D eigenvalue weighted by Gasteiger charge is 2.37. The molecule has 2 aliphatic rings. The maximum absolute atomic E-state index is 12.4. The van der Waals surface area contributed by atoms with Crippen molar-refractivity contribution in [3.63, 3.8) is 0 Å². The Bertz CT molecular complexity index is 525. The van der Waals surface area contributed by atoms with Gasteiger partial charge in [0.2, 0.25) is 0 Å². The number of benzene rings is 1. The van der Waals surface area contributed by atoms with Crippen LogP contribution >= 0.6 is 0 Å². The first-order chi connectivity index (χ1) is 11.7. The number of carbonyl (C=O) groups is 1. The van der Waals surface area contributed by atoms with E-state index >= 15 is 0 Å². The van der Waals surface area contributed by atoms with Crippen molar-refractivity contribution >= 4 is 5.97 Å². The zero-order chi connectivity index (χ0) is 16.8. The highest BCUT2D eigenvalue weighted by Crippen LogP contribution is 2.31. The van der Waals surface area contributed by atoms with Crippen molar-refractivity contribution in [3.05, 3.63) is 35.9 Å². The fraction of sp³-hybridized carbons (Fsp3) is 0.650. The summed E-state index contributed by atoms with van der Waals surface area (Å²) in [5.41, 5.74) is 1.00. The highest BCUT2D eigenvalue weighted by atomic mass is 16.5. The van der Waals surface area contributed by atoms with E-state index in [4.69, 9.17) is 9.47 Å². The van der Waals surface area contributed by atoms with Gasteiger partial charge in [0, 0.05) is 32.2 Å². The smallest absolute Gasteiger partial charge is 0.311 e. The van der Waals surface area contributed by atoms with Crippen molar-refractivity contribution in [2.45, 2.75) is 39.2 Å². The molecule has 2 aliphatic heterocycles. The summed E-state index contributed by atoms with van der Waals surface area (Å²) in [5.74, 6) is 0.417. The van der Waals surface area contributed by atoms with Crippen LogP contribution in [-0.2, 0) is 20.8 Å². The largest absolute Gasteiger partial charge is 0.465 e. The molecule has 24 heavy (non-hydrogen) atoms. The molecule has 2 fully saturated rings. The lowest BCUT2D eigenvalue weighted by atomic mass is 9.82. The summed E-state index contributed by atoms with van der Waals surface area (Å²) in [6.45, 7) is 7.04. The van der Waals surface area contributed by atoms with Crippen LogP contribution in [0.25, 0.3) is 0 Å². The second kappa shape index (κ2) is 8.13. The number of hydrogen-bond donors (Lipinski definition) is 0. The van der Waals surface area contributed by atoms with Gasteiger partial charge in [0.15, 0.2) is 0 Å². The van der Waals surface area contributed by atoms with Crippen LogP contribution in [0.1, 0.15) is 38.2 Å². The third-order valence-corrected chi connectivity index (χ3v) is 5.39. The molecule has 0 aromatic heterocycles. The SMILES string of the molecule is CC1(C(=O)OC[C@@H]2CCCN(Cc3ccccc3)C2)CCOCC1. The molecule has 4 heteroatoms. The zero-order valence-corrected chi connectivity index (χ0v) is 14.7. The summed E-state index contributed by atoms with van der Waals surface area (Å²) in [4.78, 5) is 14.9. The Balaban J connectivity index is 1.46. The Labute approximate surface area is 145 Å². The van der Waals surface area contributed by atoms with E-state index in [1.807, 2.05) is 6.92 Å². The third-order valence-electron chi connectivity index (χ3n) is 5.39. The maximum Gasteiger partial charge on any atom is 0.311 e. The highest BCUT2D eigenvalue weighted by molar-refractivity contribution is 5.76. The van der Waals surface area contributed by atoms with E-state index in [0.717, 1.165) is 38.9 Å². The van der Waals surface area contributed by atoms with Gasteiger partial charge in [-0.3, -0.25) is 9.69 Å². The Kier molecular flexibility index (Phi) is 5.90. The molecule has 2 heterocycles. The first-order valence-electron chi connectivity index (χ1n) is 9.17. The minimum atomic E-state index is -0.351. The van der Waals surface area contributed by atoms with E-state index in [1.165, 1.54) is 12.0 Å². The minimum absolute atomic E-state index is 0.0361. The van der Waals surface area contributed by atoms with Gasteiger partial charge in [0.1, 0.15) is 0 Å². The number of esters is 1. The van der Waals surface area contributed by atoms with Gasteiger partial charge in [0.05, 0.1) is 12.0 Å². The average molecular weight is 331 g/mol. The van der Waals surface area contributed by atoms with E-state index < -0.39 is 0 Å². The fourth-order valence-electron chi connectivity index (χ4n) is 3.67. The second-order valence-electron chi connectivity index (χ2n) is 7.50. The van der Waals surface area contributed by atoms with Crippen LogP contribution in [0.3, 0.4) is 0 Å². The van der Waals surface area contributed by atoms with Gasteiger partial charge in [-0.25, -0.2) is 0 Å². The Hall–Kier alpha value is -1.39. The Morgan fingerprint density at radius 3 is 2.79 bits per heavy atom. The number of nitrogens with zero attached hydrogens (tertiary/aromatic N) is 1. The molecule has 0 aliphatic carbocycles. The second-order valence-corrected chi connectivity index (χ2v) is 7.50. The van der Waals surface area contributed by atoms with Crippen LogP contribution in [0, 0.1) is 11.3 Å². The van der Waals surface area contributed by atoms with Crippen molar-refractivity contribution in [2.24, 2.45) is 11.3 Å². The summed E-state index contributed by atoms with van der Waals surface area (Å²) in [7, 11) is 0. The van der Waals surface area contributed by atoms with Crippen molar-refractivity contribution in [2.75, 3.05) is 32.9 Å². The van der Waals surface area contributed by atoms with Crippen molar-refractivity contribution in [1.29, 1.82) is 0 Å². The number of likely N-dealkylation sites (tertiary alicyclic amines) is 1. The van der Waals surface area contributed by atoms with Crippen LogP contribution in [0.2, 0.25) is 0 Å². The molecule has 3 rings (SSSR count). The molecule has 0 amide bonds. The van der Waals surface area contributed by atoms with Crippen molar-refractivity contribution in [1.82, 2.24) is 4.90 Å². The first kappa shape index (κ1) is 17.4. The molecular weight excluding hydrogens is 302 g/mol. The maximum atomic E-state index is 12.4. The number of carbonyl (C=O) groups excluding carboxylic acids is 1. The van der Waals surface area contributed by atoms with Gasteiger partial charge in [-0.05, 0) is 44.7 Å². The molecule has 1 aromatic rings. The molecule has 1 aromatic carbocycles. The van der Waals surface area contributed by atoms with Gasteiger partial charge in [-0.2, -0.15) is 0 Å². The van der Waals surface area contributed by atoms with Crippen LogP contribution in [0.15, 0.2) is 30.3 Å². The molecule has 132 valence electrons. The molecule has 0 N–H and O–H groups in total. The quantitative estimate of drug-likeness (QED) is 0.776. The van der Waals surface area contributed by atoms with Gasteiger partial charge < -0.3 is 9.47 Å². The van der Waals surface area contributed by atoms with Gasteiger partial charge in [-0.15, -0.1) is 0 Å². The van der Waals surface area contributed by atoms with Crippen molar-refractivity contribution < 1.29 is 14.3 Å². The lowest BCUT2D eigenvalue weighted by molar-refractivity contribution is -0.162. The minimum Gasteiger partial charge on any atom is -0.465 e. The van der Waals surface area contributed by atoms with Crippen LogP contribution in [-0.4, -0.2) is 43.8 Å². The molecular formula is C20H29NO3. The molecule has 0 bridgehead atoms. The van der Waals surface area contributed by atoms with E-state index in [2.05, 4.69) is 35.2 Å². The monoisotopic (exact) mass is 331 g/mol. The van der Waals surface area contributed by atoms with Crippen LogP contribution in [0.4, 0.5) is 0 Å². The van der Waals surface area contributed by atoms with Crippen LogP contribution < -0.4 is 0 Å². The molecule has 0 unspecified atom stereocenters. The van der Waals surface area contributed by atoms with Crippen LogP contribution in [0.5, 0.6) is 0 Å². The summed E-state index contributed by atoms with van der Waals surface area (Å²) < 4.78 is 11.1. The van der Waals surface area contributed by atoms with E-state index in [9.17, 15) is 4.79 Å². The lowest BCUT2D eigenvalue weighted by Gasteiger charge is -2.34. The van der Waals surface area contributed by atoms with Gasteiger partial charge in [-0.1, -0.05) is 30.3 Å². The van der Waals surface area contributed by atoms with Gasteiger partial charge in [0.25, 0.3) is 0 Å². The topological polar surface area (TPSA) is 38.8 Å². The van der Waals surface area contributed by atoms with E-state index in [1.54, 1.807) is 0 Å². The standard InChI is InChI=1S/C20H29NO3/c1-20(9-12-23-13-10-20)19(22)24-16-18-8-5-11-21(15-18)14-17-6-3-2-4-7-17/h2-4,6-7,18H,5,8-16H2,1H3/t18-/m1/s1. The molecule has 1 atom stereocenters. The Morgan fingerprint density at radius 1 is 1.29 bits per heavy atom. The van der Waals surface area contributed by atoms with Gasteiger partial charge >= 0.3 is 5.97 Å². The zero-order valence-electron chi connectivity index (χ0n) is 14.7. The third kappa shape index (κ3) is 4.58. The normalized spacial score (nSPS) is 24.5. The number of ether oxygens (including phenoxy) is 2. The molecule has 0 saturated carbocycles. The average Bonchev–Trinajstić information content (AvgIpc) is 2.61. The summed E-state index contributed by atoms with van der Waals surface area (Å²) in [5, 5.41) is 0. The molecule has 0 radical (unpaired) electrons. The molecule has 2 saturated heterocycles. The first-order valence-corrected chi connectivity index (χ1v) is 9.17. The van der Waals surface area contributed by atoms with Crippen molar-refractivity contribution in [3.8, 4) is 0 Å². The van der Waals surface area contributed by atoms with E-state index in [0.29, 0.717) is 25.7 Å². The predicted octanol–water partition coefficient (Wildman–Crippen LogP) is 3.26. The summed E-state index contributed by atoms with van der Waals surface area (Å²) in [6, 6.07) is 10.6. The fourth-order valence-corrected chi connectivity index (χ4v) is 3.67. The molecule has 4 nitrogen and oxygen atoms in total. The summed E-state index contributed by atoms with van der Waals surface area (Å²) in [6.07, 6.45) is 3.88. The Morgan fingerprint density at radius 2 is 2.04 bits per heavy atom. The molecule has 0 spiro atoms. The number of hydrogen-bond acceptors (Lipinski definition) is 4. The number of piperidine rings is 1. The lowest BCUT2D eigenvalue weighted by Crippen LogP contribution is -2.40. The number of rotatable bonds is 5. The van der Waals surface area contributed by atoms with E-state index in [-0.39, 0.29) is 11.4 Å².